The molecule has 1 nitrogen and oxygen atoms in total. The minimum absolute atomic E-state index is 0.0575. The van der Waals surface area contributed by atoms with Crippen molar-refractivity contribution in [3.63, 3.8) is 0 Å². The molecule has 4 heteroatoms. The van der Waals surface area contributed by atoms with Gasteiger partial charge in [-0.1, -0.05) is 6.07 Å². The minimum Gasteiger partial charge on any atom is -0.293 e. The molecule has 0 saturated carbocycles. The van der Waals surface area contributed by atoms with Crippen molar-refractivity contribution in [3.05, 3.63) is 57.5 Å². The van der Waals surface area contributed by atoms with Crippen LogP contribution in [0.4, 0.5) is 4.39 Å². The fraction of sp³-hybridized carbons (Fsp3) is 0.133. The van der Waals surface area contributed by atoms with Crippen LogP contribution in [0, 0.1) is 12.7 Å². The molecule has 3 rings (SSSR count). The molecular weight excluding hydrogens is 279 g/mol. The first-order valence-electron chi connectivity index (χ1n) is 5.89. The van der Waals surface area contributed by atoms with E-state index in [9.17, 15) is 9.18 Å². The van der Waals surface area contributed by atoms with E-state index in [2.05, 4.69) is 0 Å². The van der Waals surface area contributed by atoms with Crippen molar-refractivity contribution in [2.45, 2.75) is 13.3 Å². The zero-order valence-corrected chi connectivity index (χ0v) is 11.9. The molecule has 0 saturated heterocycles. The molecule has 0 atom stereocenters. The topological polar surface area (TPSA) is 17.1 Å². The van der Waals surface area contributed by atoms with Crippen LogP contribution < -0.4 is 0 Å². The molecule has 0 fully saturated rings. The van der Waals surface area contributed by atoms with Gasteiger partial charge in [-0.2, -0.15) is 0 Å². The van der Waals surface area contributed by atoms with Crippen molar-refractivity contribution >= 4 is 37.9 Å². The molecule has 2 aromatic heterocycles. The van der Waals surface area contributed by atoms with Gasteiger partial charge in [0, 0.05) is 15.8 Å². The van der Waals surface area contributed by atoms with E-state index in [0.29, 0.717) is 0 Å². The van der Waals surface area contributed by atoms with Gasteiger partial charge in [-0.15, -0.1) is 22.7 Å². The Labute approximate surface area is 118 Å². The van der Waals surface area contributed by atoms with Crippen LogP contribution in [0.1, 0.15) is 20.8 Å². The summed E-state index contributed by atoms with van der Waals surface area (Å²) in [6.07, 6.45) is 0.261. The van der Waals surface area contributed by atoms with E-state index in [1.54, 1.807) is 17.4 Å². The molecule has 0 aliphatic carbocycles. The summed E-state index contributed by atoms with van der Waals surface area (Å²) >= 11 is 3.14. The van der Waals surface area contributed by atoms with E-state index >= 15 is 0 Å². The monoisotopic (exact) mass is 290 g/mol. The van der Waals surface area contributed by atoms with Gasteiger partial charge in [0.15, 0.2) is 5.78 Å². The van der Waals surface area contributed by atoms with Crippen LogP contribution in [0.25, 0.3) is 9.40 Å². The SMILES string of the molecule is Cc1ccc(F)cc1CC(=O)c1cc2sccc2s1. The van der Waals surface area contributed by atoms with Crippen LogP contribution in [0.15, 0.2) is 35.7 Å². The molecule has 0 N–H and O–H groups in total. The Bertz CT molecular complexity index is 726. The maximum atomic E-state index is 13.2. The summed E-state index contributed by atoms with van der Waals surface area (Å²) < 4.78 is 15.5. The van der Waals surface area contributed by atoms with Gasteiger partial charge >= 0.3 is 0 Å². The lowest BCUT2D eigenvalue weighted by Crippen LogP contribution is -2.03. The molecule has 0 unspecified atom stereocenters. The average molecular weight is 290 g/mol. The number of carbonyl (C=O) groups is 1. The summed E-state index contributed by atoms with van der Waals surface area (Å²) in [6.45, 7) is 1.90. The molecule has 0 aliphatic heterocycles. The van der Waals surface area contributed by atoms with Crippen molar-refractivity contribution in [1.29, 1.82) is 0 Å². The summed E-state index contributed by atoms with van der Waals surface area (Å²) in [4.78, 5) is 13.0. The zero-order valence-electron chi connectivity index (χ0n) is 10.3. The van der Waals surface area contributed by atoms with Gasteiger partial charge in [0.2, 0.25) is 0 Å². The van der Waals surface area contributed by atoms with E-state index in [-0.39, 0.29) is 18.0 Å². The predicted molar refractivity (Wildman–Crippen MR) is 78.9 cm³/mol. The first kappa shape index (κ1) is 12.5. The van der Waals surface area contributed by atoms with Gasteiger partial charge in [-0.05, 0) is 47.7 Å². The number of halogens is 1. The lowest BCUT2D eigenvalue weighted by molar-refractivity contribution is 0.0996. The van der Waals surface area contributed by atoms with E-state index < -0.39 is 0 Å². The number of rotatable bonds is 3. The summed E-state index contributed by atoms with van der Waals surface area (Å²) in [5, 5.41) is 2.02. The molecule has 3 aromatic rings. The molecule has 19 heavy (non-hydrogen) atoms. The normalized spacial score (nSPS) is 11.1. The average Bonchev–Trinajstić information content (AvgIpc) is 2.94. The molecule has 0 amide bonds. The molecule has 0 spiro atoms. The Morgan fingerprint density at radius 3 is 2.84 bits per heavy atom. The Hall–Kier alpha value is -1.52. The Morgan fingerprint density at radius 1 is 1.21 bits per heavy atom. The number of hydrogen-bond donors (Lipinski definition) is 0. The van der Waals surface area contributed by atoms with Crippen molar-refractivity contribution in [2.24, 2.45) is 0 Å². The van der Waals surface area contributed by atoms with Crippen LogP contribution in [0.2, 0.25) is 0 Å². The Kier molecular flexibility index (Phi) is 3.21. The number of ketones is 1. The highest BCUT2D eigenvalue weighted by atomic mass is 32.1. The third-order valence-electron chi connectivity index (χ3n) is 3.08. The van der Waals surface area contributed by atoms with E-state index in [1.807, 2.05) is 24.4 Å². The molecule has 0 aliphatic rings. The largest absolute Gasteiger partial charge is 0.293 e. The molecule has 96 valence electrons. The van der Waals surface area contributed by atoms with Crippen molar-refractivity contribution in [2.75, 3.05) is 0 Å². The van der Waals surface area contributed by atoms with Crippen LogP contribution >= 0.6 is 22.7 Å². The van der Waals surface area contributed by atoms with E-state index in [4.69, 9.17) is 0 Å². The third-order valence-corrected chi connectivity index (χ3v) is 5.21. The van der Waals surface area contributed by atoms with Crippen molar-refractivity contribution in [1.82, 2.24) is 0 Å². The van der Waals surface area contributed by atoms with Gasteiger partial charge < -0.3 is 0 Å². The standard InChI is InChI=1S/C15H11FOS2/c1-9-2-3-11(16)6-10(9)7-12(17)14-8-15-13(19-14)4-5-18-15/h2-6,8H,7H2,1H3. The number of carbonyl (C=O) groups excluding carboxylic acids is 1. The number of thiophene rings is 2. The number of aryl methyl sites for hydroxylation is 1. The Morgan fingerprint density at radius 2 is 2.05 bits per heavy atom. The summed E-state index contributed by atoms with van der Waals surface area (Å²) in [5.74, 6) is -0.234. The molecule has 0 radical (unpaired) electrons. The fourth-order valence-electron chi connectivity index (χ4n) is 1.99. The first-order valence-corrected chi connectivity index (χ1v) is 7.58. The van der Waals surface area contributed by atoms with E-state index in [1.165, 1.54) is 23.5 Å². The van der Waals surface area contributed by atoms with Crippen LogP contribution in [-0.4, -0.2) is 5.78 Å². The summed E-state index contributed by atoms with van der Waals surface area (Å²) in [7, 11) is 0. The van der Waals surface area contributed by atoms with E-state index in [0.717, 1.165) is 25.4 Å². The number of benzene rings is 1. The Balaban J connectivity index is 1.88. The molecule has 1 aromatic carbocycles. The quantitative estimate of drug-likeness (QED) is 0.631. The second-order valence-electron chi connectivity index (χ2n) is 4.43. The van der Waals surface area contributed by atoms with Crippen LogP contribution in [-0.2, 0) is 6.42 Å². The number of fused-ring (bicyclic) bond motifs is 1. The van der Waals surface area contributed by atoms with Gasteiger partial charge in [0.25, 0.3) is 0 Å². The smallest absolute Gasteiger partial charge is 0.177 e. The van der Waals surface area contributed by atoms with Gasteiger partial charge in [-0.25, -0.2) is 4.39 Å². The van der Waals surface area contributed by atoms with Gasteiger partial charge in [-0.3, -0.25) is 4.79 Å². The number of Topliss-reactive ketones (excluding diaryl/α,β-unsaturated/α-hetero) is 1. The lowest BCUT2D eigenvalue weighted by Gasteiger charge is -2.04. The second-order valence-corrected chi connectivity index (χ2v) is 6.46. The lowest BCUT2D eigenvalue weighted by atomic mass is 10.0. The highest BCUT2D eigenvalue weighted by Crippen LogP contribution is 2.30. The zero-order chi connectivity index (χ0) is 13.4. The molecule has 0 bridgehead atoms. The fourth-order valence-corrected chi connectivity index (χ4v) is 4.04. The van der Waals surface area contributed by atoms with Crippen molar-refractivity contribution in [3.8, 4) is 0 Å². The van der Waals surface area contributed by atoms with Crippen molar-refractivity contribution < 1.29 is 9.18 Å². The molecular formula is C15H11FOS2. The maximum Gasteiger partial charge on any atom is 0.177 e. The minimum atomic E-state index is -0.291. The number of hydrogen-bond acceptors (Lipinski definition) is 3. The summed E-state index contributed by atoms with van der Waals surface area (Å²) in [5.41, 5.74) is 1.72. The van der Waals surface area contributed by atoms with Gasteiger partial charge in [0.1, 0.15) is 5.82 Å². The van der Waals surface area contributed by atoms with Crippen LogP contribution in [0.5, 0.6) is 0 Å². The predicted octanol–water partition coefficient (Wildman–Crippen LogP) is 4.84. The summed E-state index contributed by atoms with van der Waals surface area (Å²) in [6, 6.07) is 8.54. The highest BCUT2D eigenvalue weighted by molar-refractivity contribution is 7.27. The second kappa shape index (κ2) is 4.87. The highest BCUT2D eigenvalue weighted by Gasteiger charge is 2.13. The first-order chi connectivity index (χ1) is 9.13. The third kappa shape index (κ3) is 2.46. The maximum absolute atomic E-state index is 13.2. The van der Waals surface area contributed by atoms with Gasteiger partial charge in [0.05, 0.1) is 4.88 Å². The van der Waals surface area contributed by atoms with Crippen LogP contribution in [0.3, 0.4) is 0 Å². The molecule has 2 heterocycles.